The van der Waals surface area contributed by atoms with Gasteiger partial charge in [-0.2, -0.15) is 9.78 Å². The molecule has 0 aliphatic heterocycles. The van der Waals surface area contributed by atoms with Crippen molar-refractivity contribution in [2.24, 2.45) is 5.10 Å². The number of nitrogens with zero attached hydrogens (tertiary/aromatic N) is 3. The Bertz CT molecular complexity index is 1520. The summed E-state index contributed by atoms with van der Waals surface area (Å²) in [5, 5.41) is 5.38. The summed E-state index contributed by atoms with van der Waals surface area (Å²) < 4.78 is 13.7. The SMILES string of the molecule is COc1cc(C=Nn2c(C(C)(C)C)nc3ccc(Br)cc3c2=O)cc(Cl)c1OCc1cccc(C)c1. The van der Waals surface area contributed by atoms with E-state index in [1.165, 1.54) is 4.68 Å². The fourth-order valence-corrected chi connectivity index (χ4v) is 4.41. The number of benzene rings is 3. The van der Waals surface area contributed by atoms with Crippen LogP contribution in [0.25, 0.3) is 10.9 Å². The number of hydrogen-bond acceptors (Lipinski definition) is 5. The van der Waals surface area contributed by atoms with Crippen molar-refractivity contribution >= 4 is 44.6 Å². The Hall–Kier alpha value is -3.16. The van der Waals surface area contributed by atoms with Gasteiger partial charge in [0.15, 0.2) is 11.5 Å². The highest BCUT2D eigenvalue weighted by Crippen LogP contribution is 2.36. The highest BCUT2D eigenvalue weighted by atomic mass is 79.9. The molecule has 0 N–H and O–H groups in total. The molecule has 186 valence electrons. The maximum atomic E-state index is 13.4. The van der Waals surface area contributed by atoms with Gasteiger partial charge in [0.25, 0.3) is 5.56 Å². The zero-order valence-corrected chi connectivity index (χ0v) is 23.1. The molecule has 3 aromatic carbocycles. The maximum Gasteiger partial charge on any atom is 0.282 e. The molecule has 0 saturated heterocycles. The van der Waals surface area contributed by atoms with Gasteiger partial charge >= 0.3 is 0 Å². The van der Waals surface area contributed by atoms with E-state index in [1.54, 1.807) is 31.5 Å². The molecule has 0 atom stereocenters. The average Bonchev–Trinajstić information content (AvgIpc) is 2.82. The number of ether oxygens (including phenoxy) is 2. The summed E-state index contributed by atoms with van der Waals surface area (Å²) >= 11 is 10.0. The predicted molar refractivity (Wildman–Crippen MR) is 149 cm³/mol. The first-order chi connectivity index (χ1) is 17.1. The number of rotatable bonds is 6. The van der Waals surface area contributed by atoms with Gasteiger partial charge in [-0.3, -0.25) is 4.79 Å². The summed E-state index contributed by atoms with van der Waals surface area (Å²) in [7, 11) is 1.55. The lowest BCUT2D eigenvalue weighted by atomic mass is 9.95. The van der Waals surface area contributed by atoms with Crippen LogP contribution in [0.4, 0.5) is 0 Å². The van der Waals surface area contributed by atoms with Crippen molar-refractivity contribution in [3.8, 4) is 11.5 Å². The van der Waals surface area contributed by atoms with Gasteiger partial charge in [0.1, 0.15) is 12.4 Å². The highest BCUT2D eigenvalue weighted by molar-refractivity contribution is 9.10. The molecule has 1 aromatic heterocycles. The van der Waals surface area contributed by atoms with Crippen LogP contribution in [0.1, 0.15) is 43.3 Å². The quantitative estimate of drug-likeness (QED) is 0.238. The first-order valence-corrected chi connectivity index (χ1v) is 12.6. The van der Waals surface area contributed by atoms with Gasteiger partial charge in [-0.25, -0.2) is 4.98 Å². The molecule has 6 nitrogen and oxygen atoms in total. The van der Waals surface area contributed by atoms with Crippen LogP contribution < -0.4 is 15.0 Å². The van der Waals surface area contributed by atoms with Crippen LogP contribution in [-0.2, 0) is 12.0 Å². The van der Waals surface area contributed by atoms with E-state index in [2.05, 4.69) is 27.1 Å². The van der Waals surface area contributed by atoms with Crippen molar-refractivity contribution in [3.63, 3.8) is 0 Å². The van der Waals surface area contributed by atoms with E-state index in [0.29, 0.717) is 45.4 Å². The second kappa shape index (κ2) is 10.4. The van der Waals surface area contributed by atoms with Crippen LogP contribution >= 0.6 is 27.5 Å². The first-order valence-electron chi connectivity index (χ1n) is 11.4. The molecule has 1 heterocycles. The molecule has 0 spiro atoms. The third kappa shape index (κ3) is 5.63. The molecule has 0 bridgehead atoms. The van der Waals surface area contributed by atoms with E-state index < -0.39 is 5.41 Å². The summed E-state index contributed by atoms with van der Waals surface area (Å²) in [5.74, 6) is 1.47. The lowest BCUT2D eigenvalue weighted by molar-refractivity contribution is 0.284. The third-order valence-corrected chi connectivity index (χ3v) is 6.29. The molecule has 4 rings (SSSR count). The number of aryl methyl sites for hydroxylation is 1. The smallest absolute Gasteiger partial charge is 0.282 e. The van der Waals surface area contributed by atoms with Crippen LogP contribution in [0, 0.1) is 6.92 Å². The number of halogens is 2. The van der Waals surface area contributed by atoms with Crippen molar-refractivity contribution in [2.75, 3.05) is 7.11 Å². The largest absolute Gasteiger partial charge is 0.493 e. The molecule has 8 heteroatoms. The zero-order valence-electron chi connectivity index (χ0n) is 20.8. The van der Waals surface area contributed by atoms with Crippen molar-refractivity contribution in [3.05, 3.63) is 97.0 Å². The van der Waals surface area contributed by atoms with Crippen molar-refractivity contribution < 1.29 is 9.47 Å². The van der Waals surface area contributed by atoms with Gasteiger partial charge in [0.2, 0.25) is 0 Å². The summed E-state index contributed by atoms with van der Waals surface area (Å²) in [6, 6.07) is 17.0. The average molecular weight is 569 g/mol. The van der Waals surface area contributed by atoms with Crippen molar-refractivity contribution in [1.29, 1.82) is 0 Å². The molecule has 0 radical (unpaired) electrons. The van der Waals surface area contributed by atoms with Gasteiger partial charge in [0.05, 0.1) is 29.2 Å². The Kier molecular flexibility index (Phi) is 7.52. The molecule has 0 amide bonds. The van der Waals surface area contributed by atoms with E-state index in [-0.39, 0.29) is 5.56 Å². The molecule has 0 aliphatic carbocycles. The van der Waals surface area contributed by atoms with Crippen LogP contribution in [0.5, 0.6) is 11.5 Å². The minimum absolute atomic E-state index is 0.251. The summed E-state index contributed by atoms with van der Waals surface area (Å²) in [6.07, 6.45) is 1.57. The molecule has 0 aliphatic rings. The number of hydrogen-bond donors (Lipinski definition) is 0. The molecule has 4 aromatic rings. The van der Waals surface area contributed by atoms with Gasteiger partial charge in [-0.15, -0.1) is 0 Å². The molecular formula is C28H27BrClN3O3. The van der Waals surface area contributed by atoms with Gasteiger partial charge in [-0.1, -0.05) is 78.1 Å². The Morgan fingerprint density at radius 3 is 2.61 bits per heavy atom. The van der Waals surface area contributed by atoms with Gasteiger partial charge in [0, 0.05) is 9.89 Å². The Morgan fingerprint density at radius 2 is 1.92 bits per heavy atom. The molecule has 36 heavy (non-hydrogen) atoms. The lowest BCUT2D eigenvalue weighted by Crippen LogP contribution is -2.29. The second-order valence-corrected chi connectivity index (χ2v) is 10.8. The summed E-state index contributed by atoms with van der Waals surface area (Å²) in [6.45, 7) is 8.36. The second-order valence-electron chi connectivity index (χ2n) is 9.52. The van der Waals surface area contributed by atoms with Gasteiger partial charge in [-0.05, 0) is 48.4 Å². The minimum Gasteiger partial charge on any atom is -0.493 e. The number of aromatic nitrogens is 2. The number of fused-ring (bicyclic) bond motifs is 1. The molecule has 0 unspecified atom stereocenters. The molecular weight excluding hydrogens is 542 g/mol. The zero-order chi connectivity index (χ0) is 26.0. The van der Waals surface area contributed by atoms with Crippen LogP contribution in [0.2, 0.25) is 5.02 Å². The molecule has 0 fully saturated rings. The van der Waals surface area contributed by atoms with E-state index >= 15 is 0 Å². The maximum absolute atomic E-state index is 13.4. The Morgan fingerprint density at radius 1 is 1.14 bits per heavy atom. The van der Waals surface area contributed by atoms with E-state index in [9.17, 15) is 4.79 Å². The summed E-state index contributed by atoms with van der Waals surface area (Å²) in [5.41, 5.74) is 2.80. The minimum atomic E-state index is -0.416. The van der Waals surface area contributed by atoms with E-state index in [0.717, 1.165) is 15.6 Å². The van der Waals surface area contributed by atoms with Crippen LogP contribution in [0.3, 0.4) is 0 Å². The third-order valence-electron chi connectivity index (χ3n) is 5.52. The summed E-state index contributed by atoms with van der Waals surface area (Å²) in [4.78, 5) is 18.1. The monoisotopic (exact) mass is 567 g/mol. The van der Waals surface area contributed by atoms with Crippen molar-refractivity contribution in [1.82, 2.24) is 9.66 Å². The van der Waals surface area contributed by atoms with Crippen LogP contribution in [0.15, 0.2) is 69.0 Å². The number of methoxy groups -OCH3 is 1. The van der Waals surface area contributed by atoms with Gasteiger partial charge < -0.3 is 9.47 Å². The Labute approximate surface area is 223 Å². The topological polar surface area (TPSA) is 65.7 Å². The fourth-order valence-electron chi connectivity index (χ4n) is 3.78. The van der Waals surface area contributed by atoms with E-state index in [1.807, 2.05) is 58.0 Å². The lowest BCUT2D eigenvalue weighted by Gasteiger charge is -2.21. The standard InChI is InChI=1S/C28H27BrClN3O3/c1-17-7-6-8-18(11-17)16-36-25-22(30)12-19(13-24(25)35-5)15-31-33-26(34)21-14-20(29)9-10-23(21)32-27(33)28(2,3)4/h6-15H,16H2,1-5H3. The highest BCUT2D eigenvalue weighted by Gasteiger charge is 2.23. The van der Waals surface area contributed by atoms with Crippen molar-refractivity contribution in [2.45, 2.75) is 39.7 Å². The predicted octanol–water partition coefficient (Wildman–Crippen LogP) is 6.89. The van der Waals surface area contributed by atoms with Crippen LogP contribution in [-0.4, -0.2) is 23.0 Å². The molecule has 0 saturated carbocycles. The van der Waals surface area contributed by atoms with E-state index in [4.69, 9.17) is 26.1 Å². The normalized spacial score (nSPS) is 11.9. The fraction of sp³-hybridized carbons (Fsp3) is 0.250. The first kappa shape index (κ1) is 25.9. The Balaban J connectivity index is 1.71.